The monoisotopic (exact) mass is 245 g/mol. The Labute approximate surface area is 105 Å². The zero-order valence-corrected chi connectivity index (χ0v) is 11.4. The highest BCUT2D eigenvalue weighted by Crippen LogP contribution is 1.97. The van der Waals surface area contributed by atoms with Crippen LogP contribution >= 0.6 is 0 Å². The van der Waals surface area contributed by atoms with E-state index in [1.807, 2.05) is 14.0 Å². The fourth-order valence-corrected chi connectivity index (χ4v) is 1.42. The summed E-state index contributed by atoms with van der Waals surface area (Å²) in [6.45, 7) is 5.11. The highest BCUT2D eigenvalue weighted by atomic mass is 16.5. The minimum atomic E-state index is 0.116. The quantitative estimate of drug-likeness (QED) is 0.577. The van der Waals surface area contributed by atoms with Crippen LogP contribution in [0.3, 0.4) is 0 Å². The van der Waals surface area contributed by atoms with Crippen LogP contribution in [0.1, 0.15) is 26.2 Å². The molecule has 1 amide bonds. The molecular formula is C12H27N3O2. The molecule has 3 N–H and O–H groups in total. The van der Waals surface area contributed by atoms with Crippen molar-refractivity contribution in [2.75, 3.05) is 40.4 Å². The van der Waals surface area contributed by atoms with Crippen molar-refractivity contribution in [3.05, 3.63) is 0 Å². The number of ether oxygens (including phenoxy) is 1. The maximum atomic E-state index is 11.4. The van der Waals surface area contributed by atoms with Crippen molar-refractivity contribution < 1.29 is 9.53 Å². The van der Waals surface area contributed by atoms with E-state index >= 15 is 0 Å². The number of carbonyl (C=O) groups excluding carboxylic acids is 1. The van der Waals surface area contributed by atoms with E-state index in [9.17, 15) is 4.79 Å². The Kier molecular flexibility index (Phi) is 10.1. The lowest BCUT2D eigenvalue weighted by Gasteiger charge is -2.16. The normalized spacial score (nSPS) is 12.8. The molecule has 5 nitrogen and oxygen atoms in total. The van der Waals surface area contributed by atoms with Gasteiger partial charge in [0.15, 0.2) is 0 Å². The summed E-state index contributed by atoms with van der Waals surface area (Å²) in [5.41, 5.74) is 5.61. The third-order valence-corrected chi connectivity index (χ3v) is 2.56. The molecule has 0 aliphatic rings. The zero-order valence-electron chi connectivity index (χ0n) is 11.4. The molecule has 0 bridgehead atoms. The second-order valence-corrected chi connectivity index (χ2v) is 4.52. The van der Waals surface area contributed by atoms with E-state index in [4.69, 9.17) is 10.5 Å². The predicted molar refractivity (Wildman–Crippen MR) is 69.9 cm³/mol. The van der Waals surface area contributed by atoms with Gasteiger partial charge in [0.05, 0.1) is 6.61 Å². The molecule has 0 saturated heterocycles. The van der Waals surface area contributed by atoms with E-state index in [2.05, 4.69) is 10.2 Å². The molecule has 0 rings (SSSR count). The molecule has 0 aromatic heterocycles. The maximum absolute atomic E-state index is 11.4. The van der Waals surface area contributed by atoms with Crippen molar-refractivity contribution in [2.24, 2.45) is 5.73 Å². The number of hydrogen-bond acceptors (Lipinski definition) is 4. The largest absolute Gasteiger partial charge is 0.383 e. The SMILES string of the molecule is COCCN(C)CCNC(=O)CCCC(C)N. The van der Waals surface area contributed by atoms with Crippen LogP contribution in [0.5, 0.6) is 0 Å². The van der Waals surface area contributed by atoms with Crippen molar-refractivity contribution in [1.29, 1.82) is 0 Å². The van der Waals surface area contributed by atoms with Crippen molar-refractivity contribution in [2.45, 2.75) is 32.2 Å². The molecule has 5 heteroatoms. The third kappa shape index (κ3) is 11.6. The van der Waals surface area contributed by atoms with Gasteiger partial charge in [-0.25, -0.2) is 0 Å². The molecule has 0 aliphatic heterocycles. The fourth-order valence-electron chi connectivity index (χ4n) is 1.42. The summed E-state index contributed by atoms with van der Waals surface area (Å²) in [5.74, 6) is 0.116. The third-order valence-electron chi connectivity index (χ3n) is 2.56. The molecule has 1 atom stereocenters. The zero-order chi connectivity index (χ0) is 13.1. The number of likely N-dealkylation sites (N-methyl/N-ethyl adjacent to an activating group) is 1. The molecule has 0 radical (unpaired) electrons. The number of amides is 1. The van der Waals surface area contributed by atoms with Gasteiger partial charge in [-0.3, -0.25) is 4.79 Å². The van der Waals surface area contributed by atoms with Gasteiger partial charge in [0.2, 0.25) is 5.91 Å². The summed E-state index contributed by atoms with van der Waals surface area (Å²) in [5, 5.41) is 2.90. The first-order chi connectivity index (χ1) is 8.06. The average molecular weight is 245 g/mol. The van der Waals surface area contributed by atoms with E-state index < -0.39 is 0 Å². The van der Waals surface area contributed by atoms with E-state index in [-0.39, 0.29) is 11.9 Å². The van der Waals surface area contributed by atoms with Crippen LogP contribution in [0.4, 0.5) is 0 Å². The van der Waals surface area contributed by atoms with Gasteiger partial charge in [0.1, 0.15) is 0 Å². The Morgan fingerprint density at radius 3 is 2.76 bits per heavy atom. The van der Waals surface area contributed by atoms with Crippen molar-refractivity contribution >= 4 is 5.91 Å². The molecule has 0 spiro atoms. The molecular weight excluding hydrogens is 218 g/mol. The van der Waals surface area contributed by atoms with Gasteiger partial charge in [0.25, 0.3) is 0 Å². The number of nitrogens with two attached hydrogens (primary N) is 1. The highest BCUT2D eigenvalue weighted by molar-refractivity contribution is 5.75. The standard InChI is InChI=1S/C12H27N3O2/c1-11(13)5-4-6-12(16)14-7-8-15(2)9-10-17-3/h11H,4-10,13H2,1-3H3,(H,14,16). The van der Waals surface area contributed by atoms with Crippen LogP contribution in [0, 0.1) is 0 Å². The summed E-state index contributed by atoms with van der Waals surface area (Å²) in [7, 11) is 3.70. The van der Waals surface area contributed by atoms with Gasteiger partial charge >= 0.3 is 0 Å². The summed E-state index contributed by atoms with van der Waals surface area (Å²) in [6, 6.07) is 0.183. The number of carbonyl (C=O) groups is 1. The van der Waals surface area contributed by atoms with Gasteiger partial charge in [-0.2, -0.15) is 0 Å². The van der Waals surface area contributed by atoms with E-state index in [0.29, 0.717) is 13.0 Å². The predicted octanol–water partition coefficient (Wildman–Crippen LogP) is 0.198. The molecule has 0 aromatic carbocycles. The Balaban J connectivity index is 3.38. The Bertz CT molecular complexity index is 198. The minimum absolute atomic E-state index is 0.116. The molecule has 0 heterocycles. The second kappa shape index (κ2) is 10.5. The lowest BCUT2D eigenvalue weighted by Crippen LogP contribution is -2.34. The number of methoxy groups -OCH3 is 1. The molecule has 0 aliphatic carbocycles. The molecule has 1 unspecified atom stereocenters. The smallest absolute Gasteiger partial charge is 0.220 e. The minimum Gasteiger partial charge on any atom is -0.383 e. The first-order valence-corrected chi connectivity index (χ1v) is 6.26. The topological polar surface area (TPSA) is 67.6 Å². The summed E-state index contributed by atoms with van der Waals surface area (Å²) in [6.07, 6.45) is 2.34. The number of nitrogens with one attached hydrogen (secondary N) is 1. The first kappa shape index (κ1) is 16.4. The lowest BCUT2D eigenvalue weighted by atomic mass is 10.1. The lowest BCUT2D eigenvalue weighted by molar-refractivity contribution is -0.121. The first-order valence-electron chi connectivity index (χ1n) is 6.26. The Hall–Kier alpha value is -0.650. The molecule has 0 fully saturated rings. The number of nitrogens with zero attached hydrogens (tertiary/aromatic N) is 1. The molecule has 0 aromatic rings. The number of rotatable bonds is 10. The average Bonchev–Trinajstić information content (AvgIpc) is 2.25. The Morgan fingerprint density at radius 2 is 2.18 bits per heavy atom. The van der Waals surface area contributed by atoms with Gasteiger partial charge in [-0.15, -0.1) is 0 Å². The molecule has 102 valence electrons. The Morgan fingerprint density at radius 1 is 1.47 bits per heavy atom. The highest BCUT2D eigenvalue weighted by Gasteiger charge is 2.03. The van der Waals surface area contributed by atoms with Crippen LogP contribution in [-0.2, 0) is 9.53 Å². The second-order valence-electron chi connectivity index (χ2n) is 4.52. The van der Waals surface area contributed by atoms with Crippen molar-refractivity contribution in [1.82, 2.24) is 10.2 Å². The van der Waals surface area contributed by atoms with Gasteiger partial charge in [-0.1, -0.05) is 0 Å². The fraction of sp³-hybridized carbons (Fsp3) is 0.917. The summed E-state index contributed by atoms with van der Waals surface area (Å²) < 4.78 is 4.97. The van der Waals surface area contributed by atoms with Crippen LogP contribution < -0.4 is 11.1 Å². The number of hydrogen-bond donors (Lipinski definition) is 2. The van der Waals surface area contributed by atoms with E-state index in [1.165, 1.54) is 0 Å². The van der Waals surface area contributed by atoms with Gasteiger partial charge in [-0.05, 0) is 26.8 Å². The van der Waals surface area contributed by atoms with Crippen molar-refractivity contribution in [3.8, 4) is 0 Å². The molecule has 17 heavy (non-hydrogen) atoms. The van der Waals surface area contributed by atoms with Crippen LogP contribution in [0.2, 0.25) is 0 Å². The summed E-state index contributed by atoms with van der Waals surface area (Å²) >= 11 is 0. The van der Waals surface area contributed by atoms with Crippen LogP contribution in [0.15, 0.2) is 0 Å². The summed E-state index contributed by atoms with van der Waals surface area (Å²) in [4.78, 5) is 13.6. The van der Waals surface area contributed by atoms with E-state index in [0.717, 1.165) is 32.5 Å². The van der Waals surface area contributed by atoms with Crippen LogP contribution in [-0.4, -0.2) is 57.2 Å². The van der Waals surface area contributed by atoms with E-state index in [1.54, 1.807) is 7.11 Å². The van der Waals surface area contributed by atoms with Gasteiger partial charge in [0, 0.05) is 39.2 Å². The van der Waals surface area contributed by atoms with Gasteiger partial charge < -0.3 is 20.7 Å². The molecule has 0 saturated carbocycles. The van der Waals surface area contributed by atoms with Crippen LogP contribution in [0.25, 0.3) is 0 Å². The van der Waals surface area contributed by atoms with Crippen molar-refractivity contribution in [3.63, 3.8) is 0 Å². The maximum Gasteiger partial charge on any atom is 0.220 e.